The van der Waals surface area contributed by atoms with Gasteiger partial charge in [-0.05, 0) is 62.7 Å². The van der Waals surface area contributed by atoms with Crippen molar-refractivity contribution in [3.8, 4) is 6.19 Å². The lowest BCUT2D eigenvalue weighted by molar-refractivity contribution is -0.136. The Bertz CT molecular complexity index is 1390. The predicted octanol–water partition coefficient (Wildman–Crippen LogP) is 5.08. The molecule has 234 valence electrons. The Kier molecular flexibility index (Phi) is 7.85. The number of carbonyl (C=O) groups is 2. The van der Waals surface area contributed by atoms with Crippen molar-refractivity contribution in [2.75, 3.05) is 44.7 Å². The number of amides is 2. The van der Waals surface area contributed by atoms with Crippen molar-refractivity contribution < 1.29 is 33.8 Å². The van der Waals surface area contributed by atoms with Gasteiger partial charge in [0.25, 0.3) is 11.8 Å². The Hall–Kier alpha value is -3.48. The number of nitrogens with zero attached hydrogens (tertiary/aromatic N) is 6. The van der Waals surface area contributed by atoms with Gasteiger partial charge in [0, 0.05) is 56.3 Å². The Morgan fingerprint density at radius 1 is 1.14 bits per heavy atom. The third kappa shape index (κ3) is 6.86. The van der Waals surface area contributed by atoms with E-state index in [1.165, 1.54) is 24.4 Å². The SMILES string of the molecule is COC1CC(C(=O)N(c2ccc(S(F)(F)(F)(F)F)cc2)C(C(=O)N(CCN2CCC2)C2CC2)c2cccnc2)N(C#N)C1. The third-order valence-electron chi connectivity index (χ3n) is 8.18. The quantitative estimate of drug-likeness (QED) is 0.253. The van der Waals surface area contributed by atoms with Gasteiger partial charge in [0.1, 0.15) is 17.0 Å². The fraction of sp³-hybridized carbons (Fsp3) is 0.500. The van der Waals surface area contributed by atoms with Gasteiger partial charge < -0.3 is 14.5 Å². The molecule has 15 heteroatoms. The number of hydrogen-bond donors (Lipinski definition) is 0. The van der Waals surface area contributed by atoms with Crippen molar-refractivity contribution in [3.05, 3.63) is 54.4 Å². The lowest BCUT2D eigenvalue weighted by Gasteiger charge is -2.41. The van der Waals surface area contributed by atoms with Crippen LogP contribution in [-0.4, -0.2) is 89.5 Å². The van der Waals surface area contributed by atoms with E-state index in [1.807, 2.05) is 6.19 Å². The second kappa shape index (κ2) is 10.9. The first-order valence-corrected chi connectivity index (χ1v) is 15.9. The molecule has 0 N–H and O–H groups in total. The molecule has 1 aromatic heterocycles. The highest BCUT2D eigenvalue weighted by molar-refractivity contribution is 8.45. The van der Waals surface area contributed by atoms with E-state index in [0.29, 0.717) is 13.1 Å². The van der Waals surface area contributed by atoms with Gasteiger partial charge in [0.05, 0.1) is 12.6 Å². The minimum absolute atomic E-state index is 0.0691. The summed E-state index contributed by atoms with van der Waals surface area (Å²) < 4.78 is 73.3. The maximum Gasteiger partial charge on any atom is 0.310 e. The predicted molar refractivity (Wildman–Crippen MR) is 150 cm³/mol. The number of rotatable bonds is 11. The number of nitriles is 1. The number of pyridine rings is 1. The van der Waals surface area contributed by atoms with E-state index in [2.05, 4.69) is 9.88 Å². The summed E-state index contributed by atoms with van der Waals surface area (Å²) in [6, 6.07) is 2.56. The summed E-state index contributed by atoms with van der Waals surface area (Å²) in [5.41, 5.74) is 0.0899. The fourth-order valence-electron chi connectivity index (χ4n) is 5.55. The Labute approximate surface area is 246 Å². The topological polar surface area (TPSA) is 93.0 Å². The Morgan fingerprint density at radius 3 is 2.35 bits per heavy atom. The highest BCUT2D eigenvalue weighted by Gasteiger charge is 2.65. The Morgan fingerprint density at radius 2 is 1.84 bits per heavy atom. The third-order valence-corrected chi connectivity index (χ3v) is 9.34. The molecule has 2 saturated heterocycles. The van der Waals surface area contributed by atoms with Crippen LogP contribution in [0.4, 0.5) is 25.1 Å². The van der Waals surface area contributed by atoms with Gasteiger partial charge >= 0.3 is 10.2 Å². The van der Waals surface area contributed by atoms with Gasteiger partial charge in [-0.1, -0.05) is 25.5 Å². The summed E-state index contributed by atoms with van der Waals surface area (Å²) in [6.07, 6.45) is 7.00. The summed E-state index contributed by atoms with van der Waals surface area (Å²) in [5, 5.41) is 9.77. The van der Waals surface area contributed by atoms with Crippen LogP contribution in [0.2, 0.25) is 0 Å². The minimum Gasteiger partial charge on any atom is -0.379 e. The molecule has 1 saturated carbocycles. The van der Waals surface area contributed by atoms with Crippen LogP contribution < -0.4 is 4.90 Å². The highest BCUT2D eigenvalue weighted by Crippen LogP contribution is 3.02. The number of halogens is 5. The van der Waals surface area contributed by atoms with Crippen molar-refractivity contribution in [1.82, 2.24) is 19.7 Å². The smallest absolute Gasteiger partial charge is 0.310 e. The lowest BCUT2D eigenvalue weighted by atomic mass is 10.0. The molecule has 0 bridgehead atoms. The van der Waals surface area contributed by atoms with Crippen LogP contribution in [0.5, 0.6) is 0 Å². The molecule has 43 heavy (non-hydrogen) atoms. The van der Waals surface area contributed by atoms with E-state index in [4.69, 9.17) is 4.74 Å². The number of hydrogen-bond acceptors (Lipinski definition) is 7. The standard InChI is InChI=1S/C28H33F5N6O3S/c1-42-23-16-25(37(18-23)19-34)27(40)39(22-7-9-24(10-8-22)43(29,30,31,32)33)26(20-4-2-11-35-17-20)28(41)38(21-5-6-21)15-14-36-12-3-13-36/h2,4,7-11,17,21,23,25-26H,3,5-6,12-16,18H2,1H3. The molecule has 2 aromatic rings. The monoisotopic (exact) mass is 628 g/mol. The number of ether oxygens (including phenoxy) is 1. The zero-order chi connectivity index (χ0) is 31.1. The van der Waals surface area contributed by atoms with Gasteiger partial charge in [-0.15, -0.1) is 0 Å². The maximum absolute atomic E-state index is 14.5. The second-order valence-corrected chi connectivity index (χ2v) is 13.6. The summed E-state index contributed by atoms with van der Waals surface area (Å²) in [4.78, 5) is 36.9. The van der Waals surface area contributed by atoms with Crippen molar-refractivity contribution in [2.45, 2.75) is 54.8 Å². The first-order valence-electron chi connectivity index (χ1n) is 14.0. The van der Waals surface area contributed by atoms with Crippen LogP contribution >= 0.6 is 10.2 Å². The molecular weight excluding hydrogens is 595 g/mol. The van der Waals surface area contributed by atoms with Crippen LogP contribution in [0.3, 0.4) is 0 Å². The average Bonchev–Trinajstić information content (AvgIpc) is 3.69. The summed E-state index contributed by atoms with van der Waals surface area (Å²) in [7, 11) is -8.59. The first kappa shape index (κ1) is 31.0. The molecule has 3 fully saturated rings. The van der Waals surface area contributed by atoms with E-state index in [9.17, 15) is 34.3 Å². The average molecular weight is 629 g/mol. The molecule has 0 radical (unpaired) electrons. The van der Waals surface area contributed by atoms with Gasteiger partial charge in [-0.2, -0.15) is 5.26 Å². The van der Waals surface area contributed by atoms with Gasteiger partial charge in [0.2, 0.25) is 0 Å². The van der Waals surface area contributed by atoms with E-state index in [0.717, 1.165) is 49.4 Å². The largest absolute Gasteiger partial charge is 0.379 e. The molecule has 1 aromatic carbocycles. The molecular formula is C28H33F5N6O3S. The number of likely N-dealkylation sites (tertiary alicyclic amines) is 2. The summed E-state index contributed by atoms with van der Waals surface area (Å²) in [6.45, 7) is 2.91. The van der Waals surface area contributed by atoms with E-state index in [-0.39, 0.29) is 42.4 Å². The molecule has 9 nitrogen and oxygen atoms in total. The van der Waals surface area contributed by atoms with Gasteiger partial charge in [0.15, 0.2) is 6.19 Å². The van der Waals surface area contributed by atoms with Crippen molar-refractivity contribution in [2.24, 2.45) is 0 Å². The molecule has 0 spiro atoms. The number of aromatic nitrogens is 1. The van der Waals surface area contributed by atoms with Crippen LogP contribution in [0.25, 0.3) is 0 Å². The second-order valence-electron chi connectivity index (χ2n) is 11.2. The van der Waals surface area contributed by atoms with Crippen molar-refractivity contribution in [3.63, 3.8) is 0 Å². The number of anilines is 1. The summed E-state index contributed by atoms with van der Waals surface area (Å²) in [5.74, 6) is -1.21. The molecule has 3 atom stereocenters. The molecule has 2 aliphatic heterocycles. The van der Waals surface area contributed by atoms with Gasteiger partial charge in [-0.25, -0.2) is 0 Å². The Balaban J connectivity index is 1.60. The van der Waals surface area contributed by atoms with Gasteiger partial charge in [-0.3, -0.25) is 24.4 Å². The zero-order valence-electron chi connectivity index (χ0n) is 23.5. The fourth-order valence-corrected chi connectivity index (χ4v) is 6.20. The number of methoxy groups -OCH3 is 1. The molecule has 3 unspecified atom stereocenters. The van der Waals surface area contributed by atoms with E-state index < -0.39 is 45.1 Å². The van der Waals surface area contributed by atoms with Crippen molar-refractivity contribution in [1.29, 1.82) is 5.26 Å². The molecule has 5 rings (SSSR count). The molecule has 3 aliphatic rings. The number of benzene rings is 1. The maximum atomic E-state index is 14.5. The minimum atomic E-state index is -10.0. The summed E-state index contributed by atoms with van der Waals surface area (Å²) >= 11 is 0. The zero-order valence-corrected chi connectivity index (χ0v) is 24.3. The highest BCUT2D eigenvalue weighted by atomic mass is 32.5. The molecule has 3 heterocycles. The van der Waals surface area contributed by atoms with E-state index in [1.54, 1.807) is 17.0 Å². The van der Waals surface area contributed by atoms with Crippen LogP contribution in [0.15, 0.2) is 53.7 Å². The van der Waals surface area contributed by atoms with Crippen molar-refractivity contribution >= 4 is 27.7 Å². The van der Waals surface area contributed by atoms with Crippen LogP contribution in [-0.2, 0) is 14.3 Å². The molecule has 2 amide bonds. The van der Waals surface area contributed by atoms with E-state index >= 15 is 0 Å². The first-order chi connectivity index (χ1) is 20.2. The lowest BCUT2D eigenvalue weighted by Crippen LogP contribution is -2.52. The van der Waals surface area contributed by atoms with Crippen LogP contribution in [0.1, 0.15) is 37.3 Å². The molecule has 1 aliphatic carbocycles. The van der Waals surface area contributed by atoms with Crippen LogP contribution in [0, 0.1) is 11.5 Å². The normalized spacial score (nSPS) is 23.0. The number of carbonyl (C=O) groups excluding carboxylic acids is 2.